The van der Waals surface area contributed by atoms with Crippen LogP contribution in [0.1, 0.15) is 0 Å². The first-order valence-corrected chi connectivity index (χ1v) is 7.59. The number of hydrogen-bond acceptors (Lipinski definition) is 4. The topological polar surface area (TPSA) is 32.3 Å². The van der Waals surface area contributed by atoms with E-state index in [0.717, 1.165) is 41.9 Å². The van der Waals surface area contributed by atoms with Crippen molar-refractivity contribution in [3.63, 3.8) is 0 Å². The molecular weight excluding hydrogens is 331 g/mol. The molecule has 2 fully saturated rings. The van der Waals surface area contributed by atoms with Crippen LogP contribution in [0.15, 0.2) is 42.9 Å². The van der Waals surface area contributed by atoms with Crippen LogP contribution in [0.3, 0.4) is 0 Å². The Bertz CT molecular complexity index is 606. The van der Waals surface area contributed by atoms with Gasteiger partial charge in [0.05, 0.1) is 0 Å². The van der Waals surface area contributed by atoms with Gasteiger partial charge in [-0.15, -0.1) is 24.8 Å². The van der Waals surface area contributed by atoms with Gasteiger partial charge in [0, 0.05) is 55.9 Å². The largest absolute Gasteiger partial charge is 0.356 e. The fourth-order valence-electron chi connectivity index (χ4n) is 3.69. The molecule has 124 valence electrons. The highest BCUT2D eigenvalue weighted by Crippen LogP contribution is 2.32. The Balaban J connectivity index is 0.000000960. The van der Waals surface area contributed by atoms with Crippen molar-refractivity contribution in [2.24, 2.45) is 11.8 Å². The number of aromatic nitrogens is 2. The number of rotatable bonds is 2. The van der Waals surface area contributed by atoms with Crippen molar-refractivity contribution in [3.05, 3.63) is 42.9 Å². The molecule has 6 heteroatoms. The van der Waals surface area contributed by atoms with Crippen LogP contribution in [0.5, 0.6) is 0 Å². The Labute approximate surface area is 149 Å². The standard InChI is InChI=1S/C17H20N4.2ClH/c1-20-9-15-11-21(12-16(15)10-20)17-5-4-14(8-19-17)13-3-2-6-18-7-13;;/h2-8,15-16H,9-12H2,1H3;2*1H. The minimum Gasteiger partial charge on any atom is -0.356 e. The molecule has 0 aromatic carbocycles. The zero-order chi connectivity index (χ0) is 14.2. The van der Waals surface area contributed by atoms with Crippen LogP contribution in [-0.4, -0.2) is 48.1 Å². The predicted molar refractivity (Wildman–Crippen MR) is 98.7 cm³/mol. The fraction of sp³-hybridized carbons (Fsp3) is 0.412. The van der Waals surface area contributed by atoms with Gasteiger partial charge in [0.25, 0.3) is 0 Å². The van der Waals surface area contributed by atoms with Crippen LogP contribution in [0.2, 0.25) is 0 Å². The Morgan fingerprint density at radius 1 is 0.913 bits per heavy atom. The second-order valence-corrected chi connectivity index (χ2v) is 6.29. The van der Waals surface area contributed by atoms with E-state index in [0.29, 0.717) is 0 Å². The number of pyridine rings is 2. The molecule has 0 amide bonds. The van der Waals surface area contributed by atoms with Gasteiger partial charge in [0.1, 0.15) is 5.82 Å². The van der Waals surface area contributed by atoms with Gasteiger partial charge in [-0.05, 0) is 37.1 Å². The molecule has 0 aliphatic carbocycles. The first kappa shape index (κ1) is 18.0. The second kappa shape index (κ2) is 7.47. The Hall–Kier alpha value is -1.36. The maximum Gasteiger partial charge on any atom is 0.128 e. The minimum absolute atomic E-state index is 0. The zero-order valence-electron chi connectivity index (χ0n) is 13.1. The van der Waals surface area contributed by atoms with Crippen LogP contribution in [0.4, 0.5) is 5.82 Å². The van der Waals surface area contributed by atoms with Crippen molar-refractivity contribution in [2.75, 3.05) is 38.1 Å². The predicted octanol–water partition coefficient (Wildman–Crippen LogP) is 2.99. The molecule has 0 N–H and O–H groups in total. The molecule has 2 aromatic heterocycles. The van der Waals surface area contributed by atoms with Crippen LogP contribution < -0.4 is 4.90 Å². The molecule has 0 saturated carbocycles. The third kappa shape index (κ3) is 3.60. The average Bonchev–Trinajstić information content (AvgIpc) is 3.06. The number of likely N-dealkylation sites (tertiary alicyclic amines) is 1. The highest BCUT2D eigenvalue weighted by Gasteiger charge is 2.38. The first-order chi connectivity index (χ1) is 10.3. The van der Waals surface area contributed by atoms with Gasteiger partial charge < -0.3 is 9.80 Å². The number of halogens is 2. The van der Waals surface area contributed by atoms with E-state index in [2.05, 4.69) is 45.0 Å². The van der Waals surface area contributed by atoms with E-state index in [9.17, 15) is 0 Å². The third-order valence-corrected chi connectivity index (χ3v) is 4.74. The quantitative estimate of drug-likeness (QED) is 0.831. The SMILES string of the molecule is CN1CC2CN(c3ccc(-c4cccnc4)cn3)CC2C1.Cl.Cl. The summed E-state index contributed by atoms with van der Waals surface area (Å²) >= 11 is 0. The van der Waals surface area contributed by atoms with Gasteiger partial charge in [-0.1, -0.05) is 6.07 Å². The van der Waals surface area contributed by atoms with Gasteiger partial charge in [0.15, 0.2) is 0 Å². The van der Waals surface area contributed by atoms with E-state index in [4.69, 9.17) is 0 Å². The molecule has 2 aliphatic rings. The zero-order valence-corrected chi connectivity index (χ0v) is 14.8. The Morgan fingerprint density at radius 3 is 2.17 bits per heavy atom. The summed E-state index contributed by atoms with van der Waals surface area (Å²) in [4.78, 5) is 13.7. The summed E-state index contributed by atoms with van der Waals surface area (Å²) in [5.74, 6) is 2.74. The van der Waals surface area contributed by atoms with E-state index in [-0.39, 0.29) is 24.8 Å². The number of hydrogen-bond donors (Lipinski definition) is 0. The van der Waals surface area contributed by atoms with Gasteiger partial charge >= 0.3 is 0 Å². The molecule has 2 saturated heterocycles. The molecule has 4 rings (SSSR count). The molecule has 2 unspecified atom stereocenters. The van der Waals surface area contributed by atoms with Gasteiger partial charge in [-0.3, -0.25) is 4.98 Å². The summed E-state index contributed by atoms with van der Waals surface area (Å²) in [6.07, 6.45) is 5.64. The lowest BCUT2D eigenvalue weighted by molar-refractivity contribution is 0.387. The molecule has 2 atom stereocenters. The van der Waals surface area contributed by atoms with Crippen LogP contribution in [0.25, 0.3) is 11.1 Å². The van der Waals surface area contributed by atoms with Crippen molar-refractivity contribution in [3.8, 4) is 11.1 Å². The Kier molecular flexibility index (Phi) is 5.84. The highest BCUT2D eigenvalue weighted by atomic mass is 35.5. The summed E-state index contributed by atoms with van der Waals surface area (Å²) in [5, 5.41) is 0. The number of nitrogens with zero attached hydrogens (tertiary/aromatic N) is 4. The Morgan fingerprint density at radius 2 is 1.61 bits per heavy atom. The third-order valence-electron chi connectivity index (χ3n) is 4.74. The fourth-order valence-corrected chi connectivity index (χ4v) is 3.69. The van der Waals surface area contributed by atoms with Crippen LogP contribution >= 0.6 is 24.8 Å². The van der Waals surface area contributed by atoms with E-state index < -0.39 is 0 Å². The summed E-state index contributed by atoms with van der Waals surface area (Å²) in [6, 6.07) is 8.33. The molecule has 2 aliphatic heterocycles. The molecular formula is C17H22Cl2N4. The molecule has 4 nitrogen and oxygen atoms in total. The summed E-state index contributed by atoms with van der Waals surface area (Å²) < 4.78 is 0. The van der Waals surface area contributed by atoms with Gasteiger partial charge in [0.2, 0.25) is 0 Å². The number of fused-ring (bicyclic) bond motifs is 1. The summed E-state index contributed by atoms with van der Waals surface area (Å²) in [5.41, 5.74) is 2.25. The van der Waals surface area contributed by atoms with E-state index in [1.807, 2.05) is 18.5 Å². The lowest BCUT2D eigenvalue weighted by Crippen LogP contribution is -2.27. The van der Waals surface area contributed by atoms with Gasteiger partial charge in [-0.25, -0.2) is 4.98 Å². The van der Waals surface area contributed by atoms with Gasteiger partial charge in [-0.2, -0.15) is 0 Å². The maximum absolute atomic E-state index is 4.67. The molecule has 0 spiro atoms. The molecule has 0 radical (unpaired) electrons. The normalized spacial score (nSPS) is 23.1. The molecule has 4 heterocycles. The van der Waals surface area contributed by atoms with Crippen molar-refractivity contribution in [1.29, 1.82) is 0 Å². The van der Waals surface area contributed by atoms with E-state index in [1.54, 1.807) is 6.20 Å². The monoisotopic (exact) mass is 352 g/mol. The lowest BCUT2D eigenvalue weighted by atomic mass is 10.0. The van der Waals surface area contributed by atoms with Crippen molar-refractivity contribution >= 4 is 30.6 Å². The van der Waals surface area contributed by atoms with Crippen molar-refractivity contribution in [2.45, 2.75) is 0 Å². The van der Waals surface area contributed by atoms with E-state index in [1.165, 1.54) is 13.1 Å². The van der Waals surface area contributed by atoms with Crippen molar-refractivity contribution in [1.82, 2.24) is 14.9 Å². The first-order valence-electron chi connectivity index (χ1n) is 7.59. The van der Waals surface area contributed by atoms with Crippen LogP contribution in [0, 0.1) is 11.8 Å². The second-order valence-electron chi connectivity index (χ2n) is 6.29. The highest BCUT2D eigenvalue weighted by molar-refractivity contribution is 5.85. The summed E-state index contributed by atoms with van der Waals surface area (Å²) in [6.45, 7) is 4.76. The minimum atomic E-state index is 0. The summed E-state index contributed by atoms with van der Waals surface area (Å²) in [7, 11) is 2.23. The molecule has 0 bridgehead atoms. The molecule has 23 heavy (non-hydrogen) atoms. The van der Waals surface area contributed by atoms with E-state index >= 15 is 0 Å². The number of anilines is 1. The maximum atomic E-state index is 4.67. The average molecular weight is 353 g/mol. The van der Waals surface area contributed by atoms with Crippen molar-refractivity contribution < 1.29 is 0 Å². The smallest absolute Gasteiger partial charge is 0.128 e. The molecule has 2 aromatic rings. The lowest BCUT2D eigenvalue weighted by Gasteiger charge is -2.20. The van der Waals surface area contributed by atoms with Crippen LogP contribution in [-0.2, 0) is 0 Å².